The van der Waals surface area contributed by atoms with Crippen molar-refractivity contribution in [2.45, 2.75) is 19.5 Å². The Morgan fingerprint density at radius 1 is 1.55 bits per heavy atom. The Kier molecular flexibility index (Phi) is 4.11. The normalized spacial score (nSPS) is 11.9. The van der Waals surface area contributed by atoms with Crippen LogP contribution in [0, 0.1) is 10.1 Å². The average molecular weight is 277 g/mol. The van der Waals surface area contributed by atoms with Gasteiger partial charge >= 0.3 is 5.69 Å². The van der Waals surface area contributed by atoms with Crippen molar-refractivity contribution in [3.63, 3.8) is 0 Å². The molecular weight excluding hydrogens is 262 g/mol. The lowest BCUT2D eigenvalue weighted by atomic mass is 10.3. The molecule has 0 aliphatic heterocycles. The van der Waals surface area contributed by atoms with E-state index < -0.39 is 4.92 Å². The van der Waals surface area contributed by atoms with Crippen molar-refractivity contribution in [3.8, 4) is 0 Å². The Labute approximate surface area is 114 Å². The first-order chi connectivity index (χ1) is 9.60. The van der Waals surface area contributed by atoms with E-state index in [0.29, 0.717) is 12.4 Å². The van der Waals surface area contributed by atoms with Gasteiger partial charge in [-0.1, -0.05) is 0 Å². The van der Waals surface area contributed by atoms with Gasteiger partial charge in [-0.25, -0.2) is 10.8 Å². The SMILES string of the molecule is CC(Cn1cccn1)Nc1nc(NN)ccc1[N+](=O)[O-]. The van der Waals surface area contributed by atoms with Crippen LogP contribution in [-0.4, -0.2) is 25.7 Å². The summed E-state index contributed by atoms with van der Waals surface area (Å²) in [5.41, 5.74) is 2.26. The van der Waals surface area contributed by atoms with Crippen LogP contribution in [-0.2, 0) is 6.54 Å². The van der Waals surface area contributed by atoms with E-state index in [-0.39, 0.29) is 17.5 Å². The smallest absolute Gasteiger partial charge is 0.311 e. The van der Waals surface area contributed by atoms with Gasteiger partial charge in [0.15, 0.2) is 0 Å². The summed E-state index contributed by atoms with van der Waals surface area (Å²) in [5, 5.41) is 18.1. The summed E-state index contributed by atoms with van der Waals surface area (Å²) in [5.74, 6) is 5.78. The van der Waals surface area contributed by atoms with E-state index in [1.54, 1.807) is 10.9 Å². The van der Waals surface area contributed by atoms with Gasteiger partial charge in [0.25, 0.3) is 0 Å². The van der Waals surface area contributed by atoms with Crippen molar-refractivity contribution >= 4 is 17.3 Å². The van der Waals surface area contributed by atoms with Gasteiger partial charge in [-0.15, -0.1) is 0 Å². The highest BCUT2D eigenvalue weighted by Crippen LogP contribution is 2.24. The number of nitro groups is 1. The van der Waals surface area contributed by atoms with Gasteiger partial charge in [0.1, 0.15) is 5.82 Å². The third kappa shape index (κ3) is 3.20. The second-order valence-electron chi connectivity index (χ2n) is 4.24. The molecule has 0 aliphatic carbocycles. The lowest BCUT2D eigenvalue weighted by Gasteiger charge is -2.15. The van der Waals surface area contributed by atoms with Crippen LogP contribution in [0.5, 0.6) is 0 Å². The fraction of sp³-hybridized carbons (Fsp3) is 0.273. The maximum absolute atomic E-state index is 11.0. The number of aromatic nitrogens is 3. The van der Waals surface area contributed by atoms with Crippen LogP contribution in [0.1, 0.15) is 6.92 Å². The molecule has 0 bridgehead atoms. The number of hydrogen-bond acceptors (Lipinski definition) is 7. The van der Waals surface area contributed by atoms with Gasteiger partial charge in [-0.05, 0) is 19.1 Å². The molecule has 9 heteroatoms. The maximum atomic E-state index is 11.0. The van der Waals surface area contributed by atoms with Crippen LogP contribution in [0.3, 0.4) is 0 Å². The van der Waals surface area contributed by atoms with Crippen LogP contribution in [0.15, 0.2) is 30.6 Å². The number of nitrogens with one attached hydrogen (secondary N) is 2. The number of anilines is 2. The van der Waals surface area contributed by atoms with Crippen LogP contribution in [0.25, 0.3) is 0 Å². The summed E-state index contributed by atoms with van der Waals surface area (Å²) in [6, 6.07) is 4.52. The zero-order valence-corrected chi connectivity index (χ0v) is 10.9. The van der Waals surface area contributed by atoms with Crippen molar-refractivity contribution in [2.24, 2.45) is 5.84 Å². The van der Waals surface area contributed by atoms with E-state index in [2.05, 4.69) is 20.8 Å². The van der Waals surface area contributed by atoms with Crippen molar-refractivity contribution < 1.29 is 4.92 Å². The number of nitrogen functional groups attached to an aromatic ring is 1. The Hall–Kier alpha value is -2.68. The number of nitrogens with zero attached hydrogens (tertiary/aromatic N) is 4. The average Bonchev–Trinajstić information content (AvgIpc) is 2.90. The largest absolute Gasteiger partial charge is 0.360 e. The predicted octanol–water partition coefficient (Wildman–Crippen LogP) is 0.973. The number of hydrogen-bond donors (Lipinski definition) is 3. The predicted molar refractivity (Wildman–Crippen MR) is 74.0 cm³/mol. The van der Waals surface area contributed by atoms with Crippen LogP contribution in [0.4, 0.5) is 17.3 Å². The molecule has 2 rings (SSSR count). The molecule has 4 N–H and O–H groups in total. The molecule has 106 valence electrons. The van der Waals surface area contributed by atoms with Gasteiger partial charge < -0.3 is 10.7 Å². The first-order valence-corrected chi connectivity index (χ1v) is 5.96. The molecule has 2 aromatic heterocycles. The van der Waals surface area contributed by atoms with Gasteiger partial charge in [-0.2, -0.15) is 5.10 Å². The zero-order valence-electron chi connectivity index (χ0n) is 10.9. The van der Waals surface area contributed by atoms with Crippen molar-refractivity contribution in [1.82, 2.24) is 14.8 Å². The van der Waals surface area contributed by atoms with E-state index in [9.17, 15) is 10.1 Å². The quantitative estimate of drug-likeness (QED) is 0.408. The number of nitrogens with two attached hydrogens (primary N) is 1. The third-order valence-electron chi connectivity index (χ3n) is 2.62. The molecule has 0 radical (unpaired) electrons. The minimum Gasteiger partial charge on any atom is -0.360 e. The van der Waals surface area contributed by atoms with Gasteiger partial charge in [0, 0.05) is 24.5 Å². The van der Waals surface area contributed by atoms with Crippen molar-refractivity contribution in [3.05, 3.63) is 40.7 Å². The third-order valence-corrected chi connectivity index (χ3v) is 2.62. The Bertz CT molecular complexity index is 584. The summed E-state index contributed by atoms with van der Waals surface area (Å²) < 4.78 is 1.73. The van der Waals surface area contributed by atoms with Gasteiger partial charge in [0.05, 0.1) is 11.5 Å². The minimum absolute atomic E-state index is 0.0888. The first kappa shape index (κ1) is 13.7. The van der Waals surface area contributed by atoms with Crippen molar-refractivity contribution in [2.75, 3.05) is 10.7 Å². The monoisotopic (exact) mass is 277 g/mol. The molecule has 2 heterocycles. The molecule has 0 amide bonds. The van der Waals surface area contributed by atoms with Crippen LogP contribution < -0.4 is 16.6 Å². The van der Waals surface area contributed by atoms with Crippen LogP contribution >= 0.6 is 0 Å². The van der Waals surface area contributed by atoms with E-state index in [1.807, 2.05) is 19.2 Å². The molecule has 0 saturated carbocycles. The highest BCUT2D eigenvalue weighted by atomic mass is 16.6. The highest BCUT2D eigenvalue weighted by molar-refractivity contribution is 5.60. The summed E-state index contributed by atoms with van der Waals surface area (Å²) in [6.07, 6.45) is 3.49. The highest BCUT2D eigenvalue weighted by Gasteiger charge is 2.17. The maximum Gasteiger partial charge on any atom is 0.311 e. The van der Waals surface area contributed by atoms with E-state index >= 15 is 0 Å². The minimum atomic E-state index is -0.490. The lowest BCUT2D eigenvalue weighted by molar-refractivity contribution is -0.384. The fourth-order valence-corrected chi connectivity index (χ4v) is 1.75. The molecular formula is C11H15N7O2. The molecule has 0 aromatic carbocycles. The lowest BCUT2D eigenvalue weighted by Crippen LogP contribution is -2.23. The number of pyridine rings is 1. The van der Waals surface area contributed by atoms with E-state index in [0.717, 1.165) is 0 Å². The molecule has 0 aliphatic rings. The molecule has 0 fully saturated rings. The Morgan fingerprint density at radius 2 is 2.35 bits per heavy atom. The summed E-state index contributed by atoms with van der Waals surface area (Å²) in [7, 11) is 0. The molecule has 2 aromatic rings. The zero-order chi connectivity index (χ0) is 14.5. The molecule has 9 nitrogen and oxygen atoms in total. The van der Waals surface area contributed by atoms with Gasteiger partial charge in [-0.3, -0.25) is 14.8 Å². The summed E-state index contributed by atoms with van der Waals surface area (Å²) in [6.45, 7) is 2.45. The molecule has 0 saturated heterocycles. The second kappa shape index (κ2) is 5.97. The number of hydrazine groups is 1. The summed E-state index contributed by atoms with van der Waals surface area (Å²) in [4.78, 5) is 14.5. The van der Waals surface area contributed by atoms with Gasteiger partial charge in [0.2, 0.25) is 5.82 Å². The molecule has 20 heavy (non-hydrogen) atoms. The first-order valence-electron chi connectivity index (χ1n) is 5.96. The van der Waals surface area contributed by atoms with Crippen LogP contribution in [0.2, 0.25) is 0 Å². The van der Waals surface area contributed by atoms with E-state index in [1.165, 1.54) is 12.1 Å². The van der Waals surface area contributed by atoms with Crippen molar-refractivity contribution in [1.29, 1.82) is 0 Å². The topological polar surface area (TPSA) is 124 Å². The molecule has 1 atom stereocenters. The van der Waals surface area contributed by atoms with E-state index in [4.69, 9.17) is 5.84 Å². The summed E-state index contributed by atoms with van der Waals surface area (Å²) >= 11 is 0. The Balaban J connectivity index is 2.16. The molecule has 0 spiro atoms. The Morgan fingerprint density at radius 3 is 2.95 bits per heavy atom. The molecule has 1 unspecified atom stereocenters. The fourth-order valence-electron chi connectivity index (χ4n) is 1.75. The second-order valence-corrected chi connectivity index (χ2v) is 4.24. The standard InChI is InChI=1S/C11H15N7O2/c1-8(7-17-6-2-5-13-17)14-11-9(18(19)20)3-4-10(15-11)16-12/h2-6,8H,7,12H2,1H3,(H2,14,15,16). The number of rotatable bonds is 6.